The molecule has 2 heterocycles. The molecule has 6 heteroatoms. The minimum Gasteiger partial charge on any atom is -0.374 e. The van der Waals surface area contributed by atoms with E-state index in [0.717, 1.165) is 44.4 Å². The summed E-state index contributed by atoms with van der Waals surface area (Å²) < 4.78 is 7.67. The number of aryl methyl sites for hydroxylation is 2. The van der Waals surface area contributed by atoms with Crippen LogP contribution in [0.15, 0.2) is 0 Å². The third-order valence-corrected chi connectivity index (χ3v) is 3.01. The first kappa shape index (κ1) is 12.5. The van der Waals surface area contributed by atoms with Gasteiger partial charge in [-0.1, -0.05) is 0 Å². The Balaban J connectivity index is 1.92. The Morgan fingerprint density at radius 1 is 1.47 bits per heavy atom. The van der Waals surface area contributed by atoms with Crippen molar-refractivity contribution in [2.45, 2.75) is 26.5 Å². The minimum atomic E-state index is 0.190. The SMILES string of the molecule is Cc1nc(C)n(CC2CN(CCN)CCO2)n1. The molecular weight excluding hydrogens is 218 g/mol. The van der Waals surface area contributed by atoms with Crippen molar-refractivity contribution in [3.8, 4) is 0 Å². The maximum Gasteiger partial charge on any atom is 0.147 e. The summed E-state index contributed by atoms with van der Waals surface area (Å²) in [6, 6.07) is 0. The molecule has 1 atom stereocenters. The number of hydrogen-bond donors (Lipinski definition) is 1. The van der Waals surface area contributed by atoms with Crippen molar-refractivity contribution in [3.05, 3.63) is 11.6 Å². The van der Waals surface area contributed by atoms with Crippen LogP contribution in [0.25, 0.3) is 0 Å². The highest BCUT2D eigenvalue weighted by molar-refractivity contribution is 4.88. The van der Waals surface area contributed by atoms with Gasteiger partial charge in [-0.25, -0.2) is 9.67 Å². The lowest BCUT2D eigenvalue weighted by atomic mass is 10.2. The van der Waals surface area contributed by atoms with Crippen molar-refractivity contribution in [2.24, 2.45) is 5.73 Å². The van der Waals surface area contributed by atoms with Gasteiger partial charge in [-0.15, -0.1) is 0 Å². The normalized spacial score (nSPS) is 21.9. The molecule has 0 spiro atoms. The third-order valence-electron chi connectivity index (χ3n) is 3.01. The molecule has 0 aromatic carbocycles. The Morgan fingerprint density at radius 2 is 2.29 bits per heavy atom. The molecule has 17 heavy (non-hydrogen) atoms. The molecular formula is C11H21N5O. The molecule has 1 fully saturated rings. The standard InChI is InChI=1S/C11H21N5O/c1-9-13-10(2)16(14-9)8-11-7-15(4-3-12)5-6-17-11/h11H,3-8,12H2,1-2H3. The summed E-state index contributed by atoms with van der Waals surface area (Å²) in [7, 11) is 0. The van der Waals surface area contributed by atoms with E-state index < -0.39 is 0 Å². The lowest BCUT2D eigenvalue weighted by Crippen LogP contribution is -2.46. The van der Waals surface area contributed by atoms with Crippen molar-refractivity contribution in [1.82, 2.24) is 19.7 Å². The first-order valence-corrected chi connectivity index (χ1v) is 6.11. The molecule has 6 nitrogen and oxygen atoms in total. The summed E-state index contributed by atoms with van der Waals surface area (Å²) in [5.41, 5.74) is 5.57. The van der Waals surface area contributed by atoms with E-state index in [2.05, 4.69) is 15.0 Å². The highest BCUT2D eigenvalue weighted by atomic mass is 16.5. The van der Waals surface area contributed by atoms with Gasteiger partial charge in [-0.05, 0) is 13.8 Å². The van der Waals surface area contributed by atoms with E-state index in [1.165, 1.54) is 0 Å². The second-order valence-corrected chi connectivity index (χ2v) is 4.47. The van der Waals surface area contributed by atoms with Crippen LogP contribution in [-0.2, 0) is 11.3 Å². The fraction of sp³-hybridized carbons (Fsp3) is 0.818. The summed E-state index contributed by atoms with van der Waals surface area (Å²) in [4.78, 5) is 6.64. The van der Waals surface area contributed by atoms with E-state index in [0.29, 0.717) is 6.54 Å². The summed E-state index contributed by atoms with van der Waals surface area (Å²) >= 11 is 0. The lowest BCUT2D eigenvalue weighted by Gasteiger charge is -2.32. The predicted molar refractivity (Wildman–Crippen MR) is 64.7 cm³/mol. The van der Waals surface area contributed by atoms with E-state index >= 15 is 0 Å². The van der Waals surface area contributed by atoms with Gasteiger partial charge in [0.15, 0.2) is 0 Å². The number of rotatable bonds is 4. The molecule has 1 aromatic rings. The van der Waals surface area contributed by atoms with Crippen LogP contribution in [0.5, 0.6) is 0 Å². The summed E-state index contributed by atoms with van der Waals surface area (Å²) in [5, 5.41) is 4.36. The van der Waals surface area contributed by atoms with E-state index in [1.54, 1.807) is 0 Å². The average molecular weight is 239 g/mol. The van der Waals surface area contributed by atoms with Gasteiger partial charge in [0.2, 0.25) is 0 Å². The Bertz CT molecular complexity index is 363. The lowest BCUT2D eigenvalue weighted by molar-refractivity contribution is -0.0367. The molecule has 0 radical (unpaired) electrons. The van der Waals surface area contributed by atoms with Crippen molar-refractivity contribution in [3.63, 3.8) is 0 Å². The molecule has 0 aliphatic carbocycles. The number of hydrogen-bond acceptors (Lipinski definition) is 5. The van der Waals surface area contributed by atoms with Crippen molar-refractivity contribution in [1.29, 1.82) is 0 Å². The quantitative estimate of drug-likeness (QED) is 0.771. The van der Waals surface area contributed by atoms with E-state index in [1.807, 2.05) is 18.5 Å². The molecule has 0 amide bonds. The molecule has 1 saturated heterocycles. The van der Waals surface area contributed by atoms with Gasteiger partial charge >= 0.3 is 0 Å². The van der Waals surface area contributed by atoms with Crippen molar-refractivity contribution >= 4 is 0 Å². The van der Waals surface area contributed by atoms with Crippen LogP contribution in [0.1, 0.15) is 11.6 Å². The van der Waals surface area contributed by atoms with Gasteiger partial charge in [-0.2, -0.15) is 5.10 Å². The zero-order valence-corrected chi connectivity index (χ0v) is 10.6. The largest absolute Gasteiger partial charge is 0.374 e. The third kappa shape index (κ3) is 3.24. The summed E-state index contributed by atoms with van der Waals surface area (Å²) in [6.07, 6.45) is 0.190. The monoisotopic (exact) mass is 239 g/mol. The molecule has 1 unspecified atom stereocenters. The maximum absolute atomic E-state index is 5.75. The summed E-state index contributed by atoms with van der Waals surface area (Å²) in [6.45, 7) is 8.97. The molecule has 0 saturated carbocycles. The molecule has 1 aliphatic rings. The van der Waals surface area contributed by atoms with E-state index in [9.17, 15) is 0 Å². The second-order valence-electron chi connectivity index (χ2n) is 4.47. The fourth-order valence-electron chi connectivity index (χ4n) is 2.20. The van der Waals surface area contributed by atoms with Gasteiger partial charge in [0, 0.05) is 26.2 Å². The average Bonchev–Trinajstić information content (AvgIpc) is 2.58. The van der Waals surface area contributed by atoms with Crippen LogP contribution >= 0.6 is 0 Å². The highest BCUT2D eigenvalue weighted by Gasteiger charge is 2.21. The number of nitrogens with zero attached hydrogens (tertiary/aromatic N) is 4. The van der Waals surface area contributed by atoms with Crippen LogP contribution in [-0.4, -0.2) is 58.6 Å². The first-order chi connectivity index (χ1) is 8.19. The van der Waals surface area contributed by atoms with Gasteiger partial charge in [0.25, 0.3) is 0 Å². The van der Waals surface area contributed by atoms with E-state index in [-0.39, 0.29) is 6.10 Å². The molecule has 1 aliphatic heterocycles. The smallest absolute Gasteiger partial charge is 0.147 e. The summed E-state index contributed by atoms with van der Waals surface area (Å²) in [5.74, 6) is 1.76. The van der Waals surface area contributed by atoms with Crippen LogP contribution < -0.4 is 5.73 Å². The van der Waals surface area contributed by atoms with Gasteiger partial charge in [-0.3, -0.25) is 4.90 Å². The fourth-order valence-corrected chi connectivity index (χ4v) is 2.20. The topological polar surface area (TPSA) is 69.2 Å². The van der Waals surface area contributed by atoms with Crippen molar-refractivity contribution in [2.75, 3.05) is 32.8 Å². The Kier molecular flexibility index (Phi) is 4.09. The highest BCUT2D eigenvalue weighted by Crippen LogP contribution is 2.08. The number of morpholine rings is 1. The molecule has 2 N–H and O–H groups in total. The van der Waals surface area contributed by atoms with Crippen LogP contribution in [0.2, 0.25) is 0 Å². The minimum absolute atomic E-state index is 0.190. The van der Waals surface area contributed by atoms with Gasteiger partial charge in [0.05, 0.1) is 19.3 Å². The Hall–Kier alpha value is -0.980. The Morgan fingerprint density at radius 3 is 2.94 bits per heavy atom. The molecule has 1 aromatic heterocycles. The molecule has 2 rings (SSSR count). The van der Waals surface area contributed by atoms with E-state index in [4.69, 9.17) is 10.5 Å². The second kappa shape index (κ2) is 5.57. The van der Waals surface area contributed by atoms with Gasteiger partial charge < -0.3 is 10.5 Å². The zero-order chi connectivity index (χ0) is 12.3. The maximum atomic E-state index is 5.75. The number of nitrogens with two attached hydrogens (primary N) is 1. The number of aromatic nitrogens is 3. The van der Waals surface area contributed by atoms with Crippen LogP contribution in [0.4, 0.5) is 0 Å². The van der Waals surface area contributed by atoms with Crippen molar-refractivity contribution < 1.29 is 4.74 Å². The number of ether oxygens (including phenoxy) is 1. The van der Waals surface area contributed by atoms with Crippen LogP contribution in [0, 0.1) is 13.8 Å². The molecule has 96 valence electrons. The first-order valence-electron chi connectivity index (χ1n) is 6.11. The molecule has 0 bridgehead atoms. The van der Waals surface area contributed by atoms with Gasteiger partial charge in [0.1, 0.15) is 11.6 Å². The zero-order valence-electron chi connectivity index (χ0n) is 10.6. The van der Waals surface area contributed by atoms with Crippen LogP contribution in [0.3, 0.4) is 0 Å². The predicted octanol–water partition coefficient (Wildman–Crippen LogP) is -0.446. The Labute approximate surface area is 102 Å².